The van der Waals surface area contributed by atoms with Crippen molar-refractivity contribution in [2.75, 3.05) is 50.0 Å². The molecule has 0 aliphatic rings. The maximum absolute atomic E-state index is 13.3. The van der Waals surface area contributed by atoms with Gasteiger partial charge >= 0.3 is 0 Å². The molecule has 0 aliphatic carbocycles. The number of phenols is 1. The van der Waals surface area contributed by atoms with Gasteiger partial charge in [-0.25, -0.2) is 25.7 Å². The third-order valence-corrected chi connectivity index (χ3v) is 15.9. The smallest absolute Gasteiger partial charge is 0.297 e. The predicted molar refractivity (Wildman–Crippen MR) is 305 cm³/mol. The van der Waals surface area contributed by atoms with Crippen molar-refractivity contribution >= 4 is 155 Å². The Morgan fingerprint density at radius 1 is 0.718 bits per heavy atom. The van der Waals surface area contributed by atoms with Gasteiger partial charge in [0.1, 0.15) is 50.8 Å². The lowest BCUT2D eigenvalue weighted by atomic mass is 10.1. The number of rotatable bonds is 26. The number of thiazole rings is 1. The second-order valence-corrected chi connectivity index (χ2v) is 24.5. The predicted octanol–water partition coefficient (Wildman–Crippen LogP) is 11.3. The number of pyridine rings is 1. The van der Waals surface area contributed by atoms with Gasteiger partial charge in [0.25, 0.3) is 30.4 Å². The third kappa shape index (κ3) is 16.5. The summed E-state index contributed by atoms with van der Waals surface area (Å²) in [5.41, 5.74) is 0.614. The van der Waals surface area contributed by atoms with Crippen LogP contribution < -0.4 is 14.4 Å². The fourth-order valence-corrected chi connectivity index (χ4v) is 11.4. The van der Waals surface area contributed by atoms with Crippen LogP contribution in [0, 0.1) is 18.3 Å². The van der Waals surface area contributed by atoms with E-state index in [0.29, 0.717) is 50.2 Å². The minimum atomic E-state index is -5.29. The molecule has 0 fully saturated rings. The van der Waals surface area contributed by atoms with Crippen molar-refractivity contribution in [2.24, 2.45) is 30.7 Å². The molecule has 452 valence electrons. The van der Waals surface area contributed by atoms with Crippen LogP contribution in [0.25, 0.3) is 37.7 Å². The molecule has 0 radical (unpaired) electrons. The van der Waals surface area contributed by atoms with E-state index in [9.17, 15) is 55.1 Å². The summed E-state index contributed by atoms with van der Waals surface area (Å²) in [6.07, 6.45) is 0.867. The molecule has 8 N–H and O–H groups in total. The Labute approximate surface area is 496 Å². The number of azo groups is 3. The molecular formula is C45H43N11O22S7. The molecule has 0 spiro atoms. The van der Waals surface area contributed by atoms with E-state index in [-0.39, 0.29) is 104 Å². The maximum atomic E-state index is 13.3. The average molecular weight is 1310 g/mol. The summed E-state index contributed by atoms with van der Waals surface area (Å²) in [5.74, 6) is -1.31. The van der Waals surface area contributed by atoms with Crippen molar-refractivity contribution in [1.29, 1.82) is 5.26 Å². The van der Waals surface area contributed by atoms with Gasteiger partial charge in [0.15, 0.2) is 17.1 Å². The fraction of sp³-hybridized carbons (Fsp3) is 0.222. The molecule has 0 unspecified atom stereocenters. The van der Waals surface area contributed by atoms with Crippen LogP contribution >= 0.6 is 47.5 Å². The number of ether oxygens (including phenoxy) is 2. The molecule has 0 atom stereocenters. The van der Waals surface area contributed by atoms with E-state index < -0.39 is 69.4 Å². The van der Waals surface area contributed by atoms with E-state index >= 15 is 0 Å². The number of benzene rings is 5. The summed E-state index contributed by atoms with van der Waals surface area (Å²) in [5, 5.41) is 96.6. The van der Waals surface area contributed by atoms with Crippen molar-refractivity contribution in [3.05, 3.63) is 77.9 Å². The summed E-state index contributed by atoms with van der Waals surface area (Å²) in [6, 6.07) is 18.2. The van der Waals surface area contributed by atoms with Gasteiger partial charge in [-0.05, 0) is 62.2 Å². The molecule has 0 bridgehead atoms. The first-order valence-electron chi connectivity index (χ1n) is 23.2. The molecule has 3 heterocycles. The quantitative estimate of drug-likeness (QED) is 0.00623. The van der Waals surface area contributed by atoms with Crippen molar-refractivity contribution in [3.8, 4) is 29.2 Å². The number of nitrogens with zero attached hydrogens (tertiary/aromatic N) is 11. The number of nitriles is 1. The number of phenolic OH excluding ortho intramolecular Hbond substituents is 1. The normalized spacial score (nSPS) is 12.3. The molecule has 33 nitrogen and oxygen atoms in total. The number of methoxy groups -OCH3 is 2. The minimum absolute atomic E-state index is 0.0259. The Kier molecular flexibility index (Phi) is 22.2. The molecule has 8 rings (SSSR count). The number of aromatic nitrogens is 3. The monoisotopic (exact) mass is 1310 g/mol. The van der Waals surface area contributed by atoms with Crippen LogP contribution in [0.3, 0.4) is 0 Å². The molecule has 0 saturated heterocycles. The van der Waals surface area contributed by atoms with E-state index in [1.807, 2.05) is 0 Å². The zero-order valence-electron chi connectivity index (χ0n) is 43.7. The van der Waals surface area contributed by atoms with Crippen LogP contribution in [0.15, 0.2) is 112 Å². The van der Waals surface area contributed by atoms with Gasteiger partial charge in [-0.2, -0.15) is 30.5 Å². The number of hydrogen-bond donors (Lipinski definition) is 8. The zero-order valence-corrected chi connectivity index (χ0v) is 49.4. The second-order valence-electron chi connectivity index (χ2n) is 16.8. The van der Waals surface area contributed by atoms with Gasteiger partial charge in [-0.3, -0.25) is 18.1 Å². The zero-order chi connectivity index (χ0) is 61.8. The van der Waals surface area contributed by atoms with Crippen LogP contribution in [0.1, 0.15) is 24.0 Å². The number of aromatic hydroxyl groups is 2. The standard InChI is InChI=1S/C44H39N11O19S6.CH4O3S/c1-22-25(21-45)42-46-26-8-4-5-9-31(26)55(42)43(57)38(22)51-48-27-11-10-23-24(41(27)80(64,65)66)16-37(78-74-71-60)39(40(23)56)52-49-28-18-33(67-2)29(17-32(28)54(12-6-14-75-72-69-58)13-7-15-79(61,62)63)50-53-44-47-30-19-36(77-73-70-59)34(68-3)20-35(30)76-44;1-5(2,3)4/h4-5,8-11,16-20,56-60H,6-7,12-15H2,1-3H3,(H,61,62,63)(H,64,65,66);1H3,(H,2,3,4). The highest BCUT2D eigenvalue weighted by Gasteiger charge is 2.27. The van der Waals surface area contributed by atoms with Crippen molar-refractivity contribution in [3.63, 3.8) is 0 Å². The van der Waals surface area contributed by atoms with E-state index in [4.69, 9.17) is 28.9 Å². The first-order chi connectivity index (χ1) is 40.4. The van der Waals surface area contributed by atoms with Gasteiger partial charge in [0, 0.05) is 59.4 Å². The topological polar surface area (TPSA) is 469 Å². The lowest BCUT2D eigenvalue weighted by Crippen LogP contribution is -2.27. The number of anilines is 1. The Morgan fingerprint density at radius 2 is 1.36 bits per heavy atom. The first-order valence-corrected chi connectivity index (χ1v) is 31.3. The summed E-state index contributed by atoms with van der Waals surface area (Å²) < 4.78 is 123. The van der Waals surface area contributed by atoms with Gasteiger partial charge < -0.3 is 24.6 Å². The third-order valence-electron chi connectivity index (χ3n) is 11.4. The van der Waals surface area contributed by atoms with Crippen molar-refractivity contribution < 1.29 is 102 Å². The summed E-state index contributed by atoms with van der Waals surface area (Å²) in [4.78, 5) is 9.83. The summed E-state index contributed by atoms with van der Waals surface area (Å²) >= 11 is 2.74. The lowest BCUT2D eigenvalue weighted by molar-refractivity contribution is -0.432. The van der Waals surface area contributed by atoms with Gasteiger partial charge in [0.2, 0.25) is 11.0 Å². The average Bonchev–Trinajstić information content (AvgIpc) is 1.96. The molecular weight excluding hydrogens is 1270 g/mol. The largest absolute Gasteiger partial charge is 0.505 e. The van der Waals surface area contributed by atoms with E-state index in [1.165, 1.54) is 43.7 Å². The highest BCUT2D eigenvalue weighted by Crippen LogP contribution is 2.50. The minimum Gasteiger partial charge on any atom is -0.505 e. The van der Waals surface area contributed by atoms with Crippen LogP contribution in [-0.2, 0) is 58.5 Å². The van der Waals surface area contributed by atoms with Gasteiger partial charge in [-0.1, -0.05) is 38.6 Å². The van der Waals surface area contributed by atoms with Crippen LogP contribution in [-0.4, -0.2) is 124 Å². The van der Waals surface area contributed by atoms with E-state index in [0.717, 1.165) is 35.5 Å². The van der Waals surface area contributed by atoms with E-state index in [1.54, 1.807) is 41.3 Å². The van der Waals surface area contributed by atoms with Crippen molar-refractivity contribution in [1.82, 2.24) is 14.4 Å². The number of para-hydroxylation sites is 2. The fourth-order valence-electron chi connectivity index (χ4n) is 7.99. The summed E-state index contributed by atoms with van der Waals surface area (Å²) in [7, 11) is -10.7. The molecule has 85 heavy (non-hydrogen) atoms. The first kappa shape index (κ1) is 65.5. The highest BCUT2D eigenvalue weighted by atomic mass is 32.2. The Hall–Kier alpha value is -7.09. The number of fused-ring (bicyclic) bond motifs is 5. The molecule has 8 aromatic rings. The van der Waals surface area contributed by atoms with E-state index in [2.05, 4.69) is 70.5 Å². The summed E-state index contributed by atoms with van der Waals surface area (Å²) in [6.45, 7) is 1.52. The van der Waals surface area contributed by atoms with Crippen LogP contribution in [0.2, 0.25) is 0 Å². The maximum Gasteiger partial charge on any atom is 0.297 e. The van der Waals surface area contributed by atoms with Crippen molar-refractivity contribution in [2.45, 2.75) is 34.5 Å². The second kappa shape index (κ2) is 28.9. The molecule has 0 saturated carbocycles. The molecule has 3 aromatic heterocycles. The highest BCUT2D eigenvalue weighted by molar-refractivity contribution is 7.95. The van der Waals surface area contributed by atoms with Crippen LogP contribution in [0.4, 0.5) is 39.3 Å². The van der Waals surface area contributed by atoms with Gasteiger partial charge in [-0.15, -0.1) is 43.7 Å². The SMILES string of the molecule is COc1cc(N=Nc2c(SOOO)cc3c(S(=O)(=O)O)c(N=Nc4c(C)c(C#N)c5nc6ccccc6n5c4O)ccc3c2O)c(N(CCCSOOO)CCCS(=O)(=O)O)cc1N=Nc1nc2cc(SOOO)c(OC)cc2s1.CS(=O)(=O)O. The Morgan fingerprint density at radius 3 is 2.02 bits per heavy atom. The molecule has 40 heteroatoms. The molecule has 5 aromatic carbocycles. The molecule has 0 aliphatic heterocycles. The Bertz CT molecular complexity index is 4270. The Balaban J connectivity index is 0.00000198. The van der Waals surface area contributed by atoms with Crippen LogP contribution in [0.5, 0.6) is 23.1 Å². The van der Waals surface area contributed by atoms with Gasteiger partial charge in [0.05, 0.1) is 87.0 Å². The lowest BCUT2D eigenvalue weighted by Gasteiger charge is -2.26. The number of imidazole rings is 1. The number of hydrogen-bond acceptors (Lipinski definition) is 33. The molecule has 0 amide bonds.